The molecule has 0 aliphatic carbocycles. The number of carboxylic acids is 4. The summed E-state index contributed by atoms with van der Waals surface area (Å²) in [4.78, 5) is 42.3. The van der Waals surface area contributed by atoms with Crippen molar-refractivity contribution in [3.05, 3.63) is 0 Å². The largest absolute Gasteiger partial charge is 0.481 e. The van der Waals surface area contributed by atoms with Gasteiger partial charge in [0.05, 0.1) is 0 Å². The number of hydrogen-bond acceptors (Lipinski definition) is 6. The number of aliphatic hydroxyl groups excluding tert-OH is 1. The molecule has 0 amide bonds. The van der Waals surface area contributed by atoms with Crippen LogP contribution in [0.5, 0.6) is 0 Å². The Hall–Kier alpha value is -2.20. The Kier molecular flexibility index (Phi) is 6.44. The van der Waals surface area contributed by atoms with Gasteiger partial charge in [0.15, 0.2) is 6.10 Å². The minimum absolute atomic E-state index is 0.458. The molecule has 0 saturated heterocycles. The van der Waals surface area contributed by atoms with Crippen LogP contribution in [0.15, 0.2) is 0 Å². The van der Waals surface area contributed by atoms with Crippen LogP contribution in [0, 0.1) is 0 Å². The topological polar surface area (TPSA) is 181 Å². The van der Waals surface area contributed by atoms with E-state index in [1.165, 1.54) is 0 Å². The summed E-state index contributed by atoms with van der Waals surface area (Å²) in [7, 11) is 0. The molecule has 0 radical (unpaired) electrons. The van der Waals surface area contributed by atoms with E-state index in [1.807, 2.05) is 5.32 Å². The zero-order chi connectivity index (χ0) is 15.2. The van der Waals surface area contributed by atoms with E-state index >= 15 is 0 Å². The number of hydrogen-bond donors (Lipinski definition) is 6. The fourth-order valence-corrected chi connectivity index (χ4v) is 1.20. The summed E-state index contributed by atoms with van der Waals surface area (Å²) in [5.41, 5.74) is 0. The second-order valence-corrected chi connectivity index (χ2v) is 3.59. The molecule has 0 aliphatic heterocycles. The fourth-order valence-electron chi connectivity index (χ4n) is 1.20. The number of rotatable bonds is 9. The molecule has 108 valence electrons. The number of nitrogens with one attached hydrogen (secondary N) is 1. The first kappa shape index (κ1) is 16.8. The number of carbonyl (C=O) groups is 4. The van der Waals surface area contributed by atoms with Crippen molar-refractivity contribution >= 4 is 23.9 Å². The van der Waals surface area contributed by atoms with Gasteiger partial charge in [-0.25, -0.2) is 4.79 Å². The molecule has 0 aromatic carbocycles. The van der Waals surface area contributed by atoms with Gasteiger partial charge in [-0.15, -0.1) is 0 Å². The van der Waals surface area contributed by atoms with E-state index in [2.05, 4.69) is 0 Å². The lowest BCUT2D eigenvalue weighted by molar-refractivity contribution is -0.157. The summed E-state index contributed by atoms with van der Waals surface area (Å²) in [6.07, 6.45) is -3.37. The van der Waals surface area contributed by atoms with E-state index in [-0.39, 0.29) is 0 Å². The van der Waals surface area contributed by atoms with Crippen LogP contribution < -0.4 is 5.32 Å². The third-order valence-corrected chi connectivity index (χ3v) is 2.16. The molecule has 0 fully saturated rings. The molecule has 0 saturated carbocycles. The molecule has 19 heavy (non-hydrogen) atoms. The Morgan fingerprint density at radius 1 is 0.895 bits per heavy atom. The van der Waals surface area contributed by atoms with Crippen molar-refractivity contribution in [2.45, 2.75) is 31.0 Å². The lowest BCUT2D eigenvalue weighted by atomic mass is 10.1. The monoisotopic (exact) mass is 279 g/mol. The van der Waals surface area contributed by atoms with Crippen LogP contribution in [-0.4, -0.2) is 67.6 Å². The lowest BCUT2D eigenvalue weighted by Gasteiger charge is -2.21. The van der Waals surface area contributed by atoms with E-state index in [9.17, 15) is 19.2 Å². The van der Waals surface area contributed by atoms with Crippen LogP contribution in [0.4, 0.5) is 0 Å². The van der Waals surface area contributed by atoms with Crippen molar-refractivity contribution < 1.29 is 44.7 Å². The van der Waals surface area contributed by atoms with Crippen LogP contribution in [0.3, 0.4) is 0 Å². The zero-order valence-corrected chi connectivity index (χ0v) is 9.52. The van der Waals surface area contributed by atoms with Gasteiger partial charge in [-0.3, -0.25) is 19.7 Å². The Morgan fingerprint density at radius 2 is 1.42 bits per heavy atom. The second-order valence-electron chi connectivity index (χ2n) is 3.59. The third kappa shape index (κ3) is 5.79. The smallest absolute Gasteiger partial charge is 0.334 e. The Bertz CT molecular complexity index is 380. The highest BCUT2D eigenvalue weighted by Crippen LogP contribution is 2.03. The maximum absolute atomic E-state index is 10.8. The molecule has 0 aliphatic rings. The van der Waals surface area contributed by atoms with Gasteiger partial charge in [0.1, 0.15) is 12.1 Å². The van der Waals surface area contributed by atoms with Crippen molar-refractivity contribution in [1.82, 2.24) is 5.32 Å². The van der Waals surface area contributed by atoms with Gasteiger partial charge >= 0.3 is 23.9 Å². The Balaban J connectivity index is 4.85. The highest BCUT2D eigenvalue weighted by atomic mass is 16.4. The average molecular weight is 279 g/mol. The Morgan fingerprint density at radius 3 is 1.74 bits per heavy atom. The van der Waals surface area contributed by atoms with Gasteiger partial charge < -0.3 is 25.5 Å². The summed E-state index contributed by atoms with van der Waals surface area (Å²) in [5.74, 6) is -6.46. The van der Waals surface area contributed by atoms with Gasteiger partial charge in [0.2, 0.25) is 0 Å². The van der Waals surface area contributed by atoms with Crippen LogP contribution in [0.2, 0.25) is 0 Å². The molecular formula is C9H13NO9. The molecule has 3 atom stereocenters. The van der Waals surface area contributed by atoms with Crippen molar-refractivity contribution in [2.24, 2.45) is 0 Å². The molecule has 10 heteroatoms. The minimum atomic E-state index is -2.36. The maximum Gasteiger partial charge on any atom is 0.334 e. The van der Waals surface area contributed by atoms with E-state index in [1.54, 1.807) is 0 Å². The van der Waals surface area contributed by atoms with Gasteiger partial charge in [-0.1, -0.05) is 0 Å². The third-order valence-electron chi connectivity index (χ3n) is 2.16. The van der Waals surface area contributed by atoms with Crippen LogP contribution in [0.1, 0.15) is 12.8 Å². The summed E-state index contributed by atoms with van der Waals surface area (Å²) in [6, 6.07) is -3.67. The first-order valence-electron chi connectivity index (χ1n) is 5.01. The van der Waals surface area contributed by atoms with Crippen molar-refractivity contribution in [1.29, 1.82) is 0 Å². The quantitative estimate of drug-likeness (QED) is 0.270. The van der Waals surface area contributed by atoms with Gasteiger partial charge in [-0.05, 0) is 6.42 Å². The standard InChI is InChI=1S/C9H13NO9/c11-4(12)2-1-3(7(14)15)10-5(8(16)17)6(13)9(18)19/h3,5-6,10,13H,1-2H2,(H,11,12)(H,14,15)(H,16,17)(H,18,19)/t3-,5?,6?/m0/s1. The molecule has 0 spiro atoms. The molecule has 0 rings (SSSR count). The summed E-state index contributed by atoms with van der Waals surface area (Å²) in [5, 5.41) is 45.4. The highest BCUT2D eigenvalue weighted by Gasteiger charge is 2.35. The molecule has 10 nitrogen and oxygen atoms in total. The predicted molar refractivity (Wildman–Crippen MR) is 56.5 cm³/mol. The fraction of sp³-hybridized carbons (Fsp3) is 0.556. The van der Waals surface area contributed by atoms with Crippen molar-refractivity contribution in [3.8, 4) is 0 Å². The molecular weight excluding hydrogens is 266 g/mol. The van der Waals surface area contributed by atoms with Crippen molar-refractivity contribution in [3.63, 3.8) is 0 Å². The molecule has 0 heterocycles. The maximum atomic E-state index is 10.8. The van der Waals surface area contributed by atoms with E-state index < -0.39 is 54.9 Å². The predicted octanol–water partition coefficient (Wildman–Crippen LogP) is -2.21. The number of aliphatic hydroxyl groups is 1. The van der Waals surface area contributed by atoms with E-state index in [0.29, 0.717) is 0 Å². The summed E-state index contributed by atoms with van der Waals surface area (Å²) in [6.45, 7) is 0. The van der Waals surface area contributed by atoms with E-state index in [0.717, 1.165) is 0 Å². The molecule has 6 N–H and O–H groups in total. The minimum Gasteiger partial charge on any atom is -0.481 e. The van der Waals surface area contributed by atoms with E-state index in [4.69, 9.17) is 25.5 Å². The van der Waals surface area contributed by atoms with Crippen LogP contribution in [0.25, 0.3) is 0 Å². The molecule has 0 bridgehead atoms. The average Bonchev–Trinajstić information content (AvgIpc) is 2.26. The first-order valence-corrected chi connectivity index (χ1v) is 5.01. The number of carboxylic acid groups (broad SMARTS) is 4. The van der Waals surface area contributed by atoms with Crippen molar-refractivity contribution in [2.75, 3.05) is 0 Å². The molecule has 0 aromatic rings. The Labute approximate surface area is 106 Å². The van der Waals surface area contributed by atoms with Crippen LogP contribution in [-0.2, 0) is 19.2 Å². The second kappa shape index (κ2) is 7.28. The highest BCUT2D eigenvalue weighted by molar-refractivity contribution is 5.85. The SMILES string of the molecule is O=C(O)CC[C@H](NC(C(=O)O)C(O)C(=O)O)C(=O)O. The first-order chi connectivity index (χ1) is 8.66. The number of aliphatic carboxylic acids is 4. The molecule has 0 aromatic heterocycles. The zero-order valence-electron chi connectivity index (χ0n) is 9.52. The summed E-state index contributed by atoms with van der Waals surface area (Å²) < 4.78 is 0. The van der Waals surface area contributed by atoms with Crippen LogP contribution >= 0.6 is 0 Å². The van der Waals surface area contributed by atoms with Gasteiger partial charge in [0.25, 0.3) is 0 Å². The molecule has 2 unspecified atom stereocenters. The normalized spacial score (nSPS) is 15.2. The van der Waals surface area contributed by atoms with Gasteiger partial charge in [0, 0.05) is 6.42 Å². The lowest BCUT2D eigenvalue weighted by Crippen LogP contribution is -2.55. The van der Waals surface area contributed by atoms with Gasteiger partial charge in [-0.2, -0.15) is 0 Å². The summed E-state index contributed by atoms with van der Waals surface area (Å²) >= 11 is 0.